The Morgan fingerprint density at radius 1 is 0.955 bits per heavy atom. The molecular formula is C17H28N2O2S. The highest BCUT2D eigenvalue weighted by Gasteiger charge is 2.27. The smallest absolute Gasteiger partial charge is 0.243 e. The summed E-state index contributed by atoms with van der Waals surface area (Å²) in [5.74, 6) is 0. The Bertz CT molecular complexity index is 547. The molecule has 0 unspecified atom stereocenters. The van der Waals surface area contributed by atoms with E-state index in [1.54, 1.807) is 16.4 Å². The van der Waals surface area contributed by atoms with Gasteiger partial charge >= 0.3 is 0 Å². The first-order chi connectivity index (χ1) is 10.5. The van der Waals surface area contributed by atoms with Crippen LogP contribution in [0.3, 0.4) is 0 Å². The summed E-state index contributed by atoms with van der Waals surface area (Å²) >= 11 is 0. The van der Waals surface area contributed by atoms with Crippen molar-refractivity contribution in [2.75, 3.05) is 33.2 Å². The summed E-state index contributed by atoms with van der Waals surface area (Å²) in [5.41, 5.74) is 1.23. The van der Waals surface area contributed by atoms with Gasteiger partial charge in [0.1, 0.15) is 0 Å². The Morgan fingerprint density at radius 2 is 1.59 bits per heavy atom. The van der Waals surface area contributed by atoms with Crippen LogP contribution < -0.4 is 0 Å². The van der Waals surface area contributed by atoms with Crippen molar-refractivity contribution in [2.24, 2.45) is 0 Å². The number of nitrogens with zero attached hydrogens (tertiary/aromatic N) is 2. The maximum Gasteiger partial charge on any atom is 0.243 e. The van der Waals surface area contributed by atoms with E-state index in [0.29, 0.717) is 18.0 Å². The Kier molecular flexibility index (Phi) is 6.41. The van der Waals surface area contributed by atoms with Crippen molar-refractivity contribution in [1.29, 1.82) is 0 Å². The molecule has 1 aromatic rings. The third-order valence-corrected chi connectivity index (χ3v) is 6.26. The van der Waals surface area contributed by atoms with E-state index in [4.69, 9.17) is 0 Å². The molecule has 5 heteroatoms. The first-order valence-electron chi connectivity index (χ1n) is 8.31. The Balaban J connectivity index is 1.96. The van der Waals surface area contributed by atoms with Crippen LogP contribution in [0, 0.1) is 0 Å². The average molecular weight is 324 g/mol. The molecule has 0 bridgehead atoms. The predicted molar refractivity (Wildman–Crippen MR) is 90.5 cm³/mol. The SMILES string of the molecule is CCCCCCc1ccc(S(=O)(=O)N2CCN(C)CC2)cc1. The van der Waals surface area contributed by atoms with E-state index < -0.39 is 10.0 Å². The van der Waals surface area contributed by atoms with Crippen molar-refractivity contribution in [3.63, 3.8) is 0 Å². The molecule has 22 heavy (non-hydrogen) atoms. The molecule has 0 N–H and O–H groups in total. The Hall–Kier alpha value is -0.910. The highest BCUT2D eigenvalue weighted by molar-refractivity contribution is 7.89. The summed E-state index contributed by atoms with van der Waals surface area (Å²) in [6, 6.07) is 7.47. The van der Waals surface area contributed by atoms with Crippen molar-refractivity contribution in [3.05, 3.63) is 29.8 Å². The Labute approximate surface area is 135 Å². The standard InChI is InChI=1S/C17H28N2O2S/c1-3-4-5-6-7-16-8-10-17(11-9-16)22(20,21)19-14-12-18(2)13-15-19/h8-11H,3-7,12-15H2,1-2H3. The predicted octanol–water partition coefficient (Wildman–Crippen LogP) is 2.75. The van der Waals surface area contributed by atoms with E-state index in [9.17, 15) is 8.42 Å². The molecule has 0 aliphatic carbocycles. The molecule has 0 aromatic heterocycles. The maximum absolute atomic E-state index is 12.6. The van der Waals surface area contributed by atoms with E-state index in [1.165, 1.54) is 31.2 Å². The number of rotatable bonds is 7. The molecule has 1 fully saturated rings. The number of sulfonamides is 1. The lowest BCUT2D eigenvalue weighted by molar-refractivity contribution is 0.222. The van der Waals surface area contributed by atoms with Gasteiger partial charge in [-0.05, 0) is 37.6 Å². The summed E-state index contributed by atoms with van der Waals surface area (Å²) in [6.45, 7) is 4.97. The van der Waals surface area contributed by atoms with Crippen LogP contribution >= 0.6 is 0 Å². The molecule has 2 rings (SSSR count). The van der Waals surface area contributed by atoms with Gasteiger partial charge < -0.3 is 4.90 Å². The third kappa shape index (κ3) is 4.54. The molecule has 1 aliphatic rings. The van der Waals surface area contributed by atoms with Crippen molar-refractivity contribution >= 4 is 10.0 Å². The second-order valence-electron chi connectivity index (χ2n) is 6.16. The number of piperazine rings is 1. The van der Waals surface area contributed by atoms with Gasteiger partial charge in [-0.1, -0.05) is 38.3 Å². The monoisotopic (exact) mass is 324 g/mol. The van der Waals surface area contributed by atoms with Crippen molar-refractivity contribution in [3.8, 4) is 0 Å². The first kappa shape index (κ1) is 17.4. The molecule has 1 aliphatic heterocycles. The van der Waals surface area contributed by atoms with Crippen LogP contribution in [0.4, 0.5) is 0 Å². The van der Waals surface area contributed by atoms with Crippen molar-refractivity contribution in [1.82, 2.24) is 9.21 Å². The zero-order valence-corrected chi connectivity index (χ0v) is 14.6. The van der Waals surface area contributed by atoms with E-state index >= 15 is 0 Å². The number of benzene rings is 1. The molecule has 0 radical (unpaired) electrons. The minimum absolute atomic E-state index is 0.425. The van der Waals surface area contributed by atoms with Gasteiger partial charge in [0.25, 0.3) is 0 Å². The van der Waals surface area contributed by atoms with E-state index in [2.05, 4.69) is 11.8 Å². The van der Waals surface area contributed by atoms with Crippen LogP contribution in [0.15, 0.2) is 29.2 Å². The molecule has 0 spiro atoms. The van der Waals surface area contributed by atoms with Gasteiger partial charge in [-0.15, -0.1) is 0 Å². The molecule has 0 atom stereocenters. The number of aryl methyl sites for hydroxylation is 1. The number of hydrogen-bond acceptors (Lipinski definition) is 3. The molecule has 0 saturated carbocycles. The van der Waals surface area contributed by atoms with Crippen LogP contribution in [-0.4, -0.2) is 50.8 Å². The lowest BCUT2D eigenvalue weighted by Gasteiger charge is -2.31. The zero-order chi connectivity index (χ0) is 16.0. The summed E-state index contributed by atoms with van der Waals surface area (Å²) < 4.78 is 26.8. The van der Waals surface area contributed by atoms with Gasteiger partial charge in [0.15, 0.2) is 0 Å². The number of likely N-dealkylation sites (N-methyl/N-ethyl adjacent to an activating group) is 1. The second kappa shape index (κ2) is 8.09. The third-order valence-electron chi connectivity index (χ3n) is 4.34. The van der Waals surface area contributed by atoms with E-state index in [1.807, 2.05) is 19.2 Å². The fraction of sp³-hybridized carbons (Fsp3) is 0.647. The van der Waals surface area contributed by atoms with Gasteiger partial charge in [-0.3, -0.25) is 0 Å². The highest BCUT2D eigenvalue weighted by atomic mass is 32.2. The van der Waals surface area contributed by atoms with Crippen LogP contribution in [0.2, 0.25) is 0 Å². The van der Waals surface area contributed by atoms with Crippen LogP contribution in [0.25, 0.3) is 0 Å². The fourth-order valence-corrected chi connectivity index (χ4v) is 4.18. The van der Waals surface area contributed by atoms with Gasteiger partial charge in [0.2, 0.25) is 10.0 Å². The molecule has 1 aromatic carbocycles. The second-order valence-corrected chi connectivity index (χ2v) is 8.10. The van der Waals surface area contributed by atoms with Crippen molar-refractivity contribution < 1.29 is 8.42 Å². The normalized spacial score (nSPS) is 17.7. The minimum atomic E-state index is -3.32. The van der Waals surface area contributed by atoms with Gasteiger partial charge in [-0.2, -0.15) is 4.31 Å². The zero-order valence-electron chi connectivity index (χ0n) is 13.8. The topological polar surface area (TPSA) is 40.6 Å². The van der Waals surface area contributed by atoms with E-state index in [-0.39, 0.29) is 0 Å². The molecule has 1 heterocycles. The molecule has 1 saturated heterocycles. The summed E-state index contributed by atoms with van der Waals surface area (Å²) in [6.07, 6.45) is 5.98. The van der Waals surface area contributed by atoms with Crippen LogP contribution in [0.1, 0.15) is 38.2 Å². The highest BCUT2D eigenvalue weighted by Crippen LogP contribution is 2.19. The first-order valence-corrected chi connectivity index (χ1v) is 9.75. The molecule has 4 nitrogen and oxygen atoms in total. The van der Waals surface area contributed by atoms with Gasteiger partial charge in [0, 0.05) is 26.2 Å². The fourth-order valence-electron chi connectivity index (χ4n) is 2.76. The maximum atomic E-state index is 12.6. The van der Waals surface area contributed by atoms with Crippen LogP contribution in [0.5, 0.6) is 0 Å². The van der Waals surface area contributed by atoms with Gasteiger partial charge in [-0.25, -0.2) is 8.42 Å². The van der Waals surface area contributed by atoms with E-state index in [0.717, 1.165) is 19.5 Å². The van der Waals surface area contributed by atoms with Crippen LogP contribution in [-0.2, 0) is 16.4 Å². The minimum Gasteiger partial charge on any atom is -0.304 e. The summed E-state index contributed by atoms with van der Waals surface area (Å²) in [4.78, 5) is 2.58. The summed E-state index contributed by atoms with van der Waals surface area (Å²) in [7, 11) is -1.30. The largest absolute Gasteiger partial charge is 0.304 e. The Morgan fingerprint density at radius 3 is 2.18 bits per heavy atom. The number of unbranched alkanes of at least 4 members (excludes halogenated alkanes) is 3. The average Bonchev–Trinajstić information content (AvgIpc) is 2.52. The molecular weight excluding hydrogens is 296 g/mol. The summed E-state index contributed by atoms with van der Waals surface area (Å²) in [5, 5.41) is 0. The quantitative estimate of drug-likeness (QED) is 0.724. The molecule has 0 amide bonds. The molecule has 124 valence electrons. The number of hydrogen-bond donors (Lipinski definition) is 0. The van der Waals surface area contributed by atoms with Crippen molar-refractivity contribution in [2.45, 2.75) is 43.9 Å². The lowest BCUT2D eigenvalue weighted by atomic mass is 10.1. The lowest BCUT2D eigenvalue weighted by Crippen LogP contribution is -2.46. The van der Waals surface area contributed by atoms with Gasteiger partial charge in [0.05, 0.1) is 4.90 Å².